The molecular weight excluding hydrogens is 228 g/mol. The summed E-state index contributed by atoms with van der Waals surface area (Å²) in [5.41, 5.74) is -0.0828. The van der Waals surface area contributed by atoms with Gasteiger partial charge in [0.05, 0.1) is 0 Å². The molecule has 2 heteroatoms. The Morgan fingerprint density at radius 2 is 2.00 bits per heavy atom. The zero-order valence-electron chi connectivity index (χ0n) is 7.20. The topological polar surface area (TPSA) is 20.2 Å². The summed E-state index contributed by atoms with van der Waals surface area (Å²) < 4.78 is 0. The lowest BCUT2D eigenvalue weighted by Crippen LogP contribution is -2.26. The van der Waals surface area contributed by atoms with Crippen molar-refractivity contribution >= 4 is 15.9 Å². The maximum atomic E-state index is 10.1. The average Bonchev–Trinajstić information content (AvgIpc) is 2.19. The summed E-state index contributed by atoms with van der Waals surface area (Å²) in [4.78, 5) is 0. The summed E-state index contributed by atoms with van der Waals surface area (Å²) in [6, 6.07) is 9.43. The van der Waals surface area contributed by atoms with Gasteiger partial charge in [0.25, 0.3) is 0 Å². The van der Waals surface area contributed by atoms with Crippen molar-refractivity contribution in [2.45, 2.75) is 12.0 Å². The van der Waals surface area contributed by atoms with Gasteiger partial charge in [0.15, 0.2) is 0 Å². The smallest absolute Gasteiger partial charge is 0.110 e. The molecule has 0 aliphatic carbocycles. The van der Waals surface area contributed by atoms with Gasteiger partial charge in [-0.1, -0.05) is 46.3 Å². The molecule has 0 heterocycles. The summed E-state index contributed by atoms with van der Waals surface area (Å²) >= 11 is 3.26. The van der Waals surface area contributed by atoms with Crippen molar-refractivity contribution in [2.24, 2.45) is 0 Å². The van der Waals surface area contributed by atoms with E-state index in [9.17, 15) is 5.11 Å². The van der Waals surface area contributed by atoms with Gasteiger partial charge in [0.1, 0.15) is 5.60 Å². The lowest BCUT2D eigenvalue weighted by molar-refractivity contribution is 0.0696. The third kappa shape index (κ3) is 2.33. The van der Waals surface area contributed by atoms with Gasteiger partial charge < -0.3 is 5.11 Å². The molecule has 0 aliphatic heterocycles. The third-order valence-electron chi connectivity index (χ3n) is 1.93. The second-order valence-corrected chi connectivity index (χ2v) is 3.47. The zero-order chi connectivity index (χ0) is 9.73. The monoisotopic (exact) mass is 238 g/mol. The molecule has 0 bridgehead atoms. The Bertz CT molecular complexity index is 302. The number of benzene rings is 1. The molecule has 0 saturated carbocycles. The van der Waals surface area contributed by atoms with Gasteiger partial charge in [-0.3, -0.25) is 0 Å². The molecule has 0 aliphatic rings. The van der Waals surface area contributed by atoms with Crippen LogP contribution < -0.4 is 0 Å². The van der Waals surface area contributed by atoms with Crippen LogP contribution in [0.1, 0.15) is 12.0 Å². The summed E-state index contributed by atoms with van der Waals surface area (Å²) in [6.07, 6.45) is 5.52. The molecule has 68 valence electrons. The second kappa shape index (κ2) is 4.45. The molecule has 1 nitrogen and oxygen atoms in total. The number of halogens is 1. The van der Waals surface area contributed by atoms with E-state index < -0.39 is 5.60 Å². The van der Waals surface area contributed by atoms with E-state index in [0.717, 1.165) is 5.56 Å². The van der Waals surface area contributed by atoms with E-state index in [-0.39, 0.29) is 0 Å². The Morgan fingerprint density at radius 1 is 1.38 bits per heavy atom. The fourth-order valence-corrected chi connectivity index (χ4v) is 1.67. The molecule has 0 spiro atoms. The van der Waals surface area contributed by atoms with Crippen molar-refractivity contribution < 1.29 is 5.11 Å². The molecule has 1 atom stereocenters. The average molecular weight is 239 g/mol. The molecule has 13 heavy (non-hydrogen) atoms. The van der Waals surface area contributed by atoms with Crippen LogP contribution in [0.3, 0.4) is 0 Å². The highest BCUT2D eigenvalue weighted by molar-refractivity contribution is 9.09. The van der Waals surface area contributed by atoms with Gasteiger partial charge in [-0.15, -0.1) is 12.3 Å². The summed E-state index contributed by atoms with van der Waals surface area (Å²) in [7, 11) is 0. The van der Waals surface area contributed by atoms with E-state index >= 15 is 0 Å². The van der Waals surface area contributed by atoms with Gasteiger partial charge in [-0.25, -0.2) is 0 Å². The van der Waals surface area contributed by atoms with Crippen LogP contribution in [-0.4, -0.2) is 10.4 Å². The number of rotatable bonds is 3. The number of terminal acetylenes is 1. The summed E-state index contributed by atoms with van der Waals surface area (Å²) in [5, 5.41) is 10.6. The highest BCUT2D eigenvalue weighted by Gasteiger charge is 2.26. The van der Waals surface area contributed by atoms with Crippen LogP contribution in [0.2, 0.25) is 0 Å². The molecule has 1 aromatic rings. The van der Waals surface area contributed by atoms with E-state index in [1.54, 1.807) is 0 Å². The lowest BCUT2D eigenvalue weighted by Gasteiger charge is -2.23. The van der Waals surface area contributed by atoms with E-state index in [1.807, 2.05) is 30.3 Å². The number of hydrogen-bond acceptors (Lipinski definition) is 1. The molecule has 1 aromatic carbocycles. The molecule has 1 rings (SSSR count). The van der Waals surface area contributed by atoms with Crippen molar-refractivity contribution in [1.82, 2.24) is 0 Å². The predicted molar refractivity (Wildman–Crippen MR) is 57.6 cm³/mol. The first-order valence-corrected chi connectivity index (χ1v) is 5.12. The van der Waals surface area contributed by atoms with Gasteiger partial charge in [0.2, 0.25) is 0 Å². The first-order chi connectivity index (χ1) is 6.23. The maximum Gasteiger partial charge on any atom is 0.110 e. The normalized spacial score (nSPS) is 14.5. The first kappa shape index (κ1) is 10.3. The zero-order valence-corrected chi connectivity index (χ0v) is 8.79. The van der Waals surface area contributed by atoms with Crippen LogP contribution in [0, 0.1) is 12.3 Å². The number of aliphatic hydroxyl groups is 1. The first-order valence-electron chi connectivity index (χ1n) is 4.00. The highest BCUT2D eigenvalue weighted by Crippen LogP contribution is 2.26. The van der Waals surface area contributed by atoms with Crippen molar-refractivity contribution in [3.05, 3.63) is 35.9 Å². The van der Waals surface area contributed by atoms with Crippen molar-refractivity contribution in [3.63, 3.8) is 0 Å². The number of hydrogen-bond donors (Lipinski definition) is 1. The Hall–Kier alpha value is -0.780. The second-order valence-electron chi connectivity index (χ2n) is 2.91. The minimum Gasteiger partial charge on any atom is -0.383 e. The predicted octanol–water partition coefficient (Wildman–Crippen LogP) is 2.29. The summed E-state index contributed by atoms with van der Waals surface area (Å²) in [5.74, 6) is 2.48. The fraction of sp³-hybridized carbons (Fsp3) is 0.273. The quantitative estimate of drug-likeness (QED) is 0.633. The van der Waals surface area contributed by atoms with Crippen LogP contribution in [0.15, 0.2) is 30.3 Å². The van der Waals surface area contributed by atoms with Crippen LogP contribution >= 0.6 is 15.9 Å². The van der Waals surface area contributed by atoms with Gasteiger partial charge in [-0.05, 0) is 5.56 Å². The molecule has 0 aromatic heterocycles. The van der Waals surface area contributed by atoms with E-state index in [0.29, 0.717) is 11.8 Å². The standard InChI is InChI=1S/C11H11BrO/c1-2-8-11(13,9-12)10-6-4-3-5-7-10/h1,3-7,13H,8-9H2. The van der Waals surface area contributed by atoms with Crippen molar-refractivity contribution in [1.29, 1.82) is 0 Å². The van der Waals surface area contributed by atoms with Gasteiger partial charge >= 0.3 is 0 Å². The Balaban J connectivity index is 2.97. The SMILES string of the molecule is C#CCC(O)(CBr)c1ccccc1. The van der Waals surface area contributed by atoms with E-state index in [2.05, 4.69) is 21.9 Å². The number of alkyl halides is 1. The minimum atomic E-state index is -0.935. The van der Waals surface area contributed by atoms with Crippen molar-refractivity contribution in [2.75, 3.05) is 5.33 Å². The molecule has 0 amide bonds. The Kier molecular flexibility index (Phi) is 3.53. The molecule has 0 radical (unpaired) electrons. The molecular formula is C11H11BrO. The van der Waals surface area contributed by atoms with Gasteiger partial charge in [-0.2, -0.15) is 0 Å². The Morgan fingerprint density at radius 3 is 2.46 bits per heavy atom. The summed E-state index contributed by atoms with van der Waals surface area (Å²) in [6.45, 7) is 0. The third-order valence-corrected chi connectivity index (χ3v) is 2.85. The van der Waals surface area contributed by atoms with Crippen LogP contribution in [0.5, 0.6) is 0 Å². The van der Waals surface area contributed by atoms with Crippen LogP contribution in [0.4, 0.5) is 0 Å². The Labute approximate surface area is 86.9 Å². The highest BCUT2D eigenvalue weighted by atomic mass is 79.9. The van der Waals surface area contributed by atoms with Gasteiger partial charge in [0, 0.05) is 11.8 Å². The van der Waals surface area contributed by atoms with E-state index in [1.165, 1.54) is 0 Å². The molecule has 1 unspecified atom stereocenters. The molecule has 0 saturated heterocycles. The van der Waals surface area contributed by atoms with Crippen molar-refractivity contribution in [3.8, 4) is 12.3 Å². The molecule has 1 N–H and O–H groups in total. The van der Waals surface area contributed by atoms with Crippen LogP contribution in [0.25, 0.3) is 0 Å². The lowest BCUT2D eigenvalue weighted by atomic mass is 9.93. The van der Waals surface area contributed by atoms with Crippen LogP contribution in [-0.2, 0) is 5.60 Å². The fourth-order valence-electron chi connectivity index (χ4n) is 1.14. The minimum absolute atomic E-state index is 0.322. The molecule has 0 fully saturated rings. The largest absolute Gasteiger partial charge is 0.383 e. The van der Waals surface area contributed by atoms with E-state index in [4.69, 9.17) is 6.42 Å². The maximum absolute atomic E-state index is 10.1.